The predicted octanol–water partition coefficient (Wildman–Crippen LogP) is 2.84. The number of aromatic nitrogens is 1. The smallest absolute Gasteiger partial charge is 0.308 e. The van der Waals surface area contributed by atoms with Gasteiger partial charge in [-0.1, -0.05) is 19.1 Å². The Bertz CT molecular complexity index is 935. The third kappa shape index (κ3) is 3.64. The number of ketones is 1. The molecule has 0 aliphatic carbocycles. The number of pyridine rings is 1. The van der Waals surface area contributed by atoms with Crippen molar-refractivity contribution in [1.29, 1.82) is 0 Å². The van der Waals surface area contributed by atoms with E-state index >= 15 is 0 Å². The second-order valence-corrected chi connectivity index (χ2v) is 6.39. The molecule has 0 spiro atoms. The summed E-state index contributed by atoms with van der Waals surface area (Å²) in [5.41, 5.74) is 1.08. The summed E-state index contributed by atoms with van der Waals surface area (Å²) < 4.78 is 5.04. The van der Waals surface area contributed by atoms with Gasteiger partial charge in [0.25, 0.3) is 11.7 Å². The van der Waals surface area contributed by atoms with E-state index in [1.54, 1.807) is 36.4 Å². The van der Waals surface area contributed by atoms with Gasteiger partial charge in [-0.25, -0.2) is 0 Å². The molecule has 7 heteroatoms. The van der Waals surface area contributed by atoms with E-state index in [-0.39, 0.29) is 11.3 Å². The SMILES string of the molecule is CCCN1C(=O)C(=O)/C(=C(\O)c2ccncc2)C1c1ccc(OC(C)=O)cc1. The number of benzene rings is 1. The summed E-state index contributed by atoms with van der Waals surface area (Å²) in [6, 6.07) is 8.96. The maximum absolute atomic E-state index is 12.7. The van der Waals surface area contributed by atoms with Crippen LogP contribution < -0.4 is 4.74 Å². The Morgan fingerprint density at radius 1 is 1.14 bits per heavy atom. The van der Waals surface area contributed by atoms with Crippen LogP contribution in [0.4, 0.5) is 0 Å². The fourth-order valence-corrected chi connectivity index (χ4v) is 3.25. The number of nitrogens with zero attached hydrogens (tertiary/aromatic N) is 2. The molecule has 1 fully saturated rings. The Morgan fingerprint density at radius 3 is 2.36 bits per heavy atom. The minimum atomic E-state index is -0.725. The van der Waals surface area contributed by atoms with Crippen molar-refractivity contribution in [3.8, 4) is 5.75 Å². The average Bonchev–Trinajstić information content (AvgIpc) is 2.93. The molecule has 144 valence electrons. The molecular formula is C21H20N2O5. The molecule has 0 saturated carbocycles. The fraction of sp³-hybridized carbons (Fsp3) is 0.238. The van der Waals surface area contributed by atoms with Gasteiger partial charge in [0, 0.05) is 31.4 Å². The molecule has 1 saturated heterocycles. The lowest BCUT2D eigenvalue weighted by atomic mass is 9.95. The Hall–Kier alpha value is -3.48. The lowest BCUT2D eigenvalue weighted by Crippen LogP contribution is -2.30. The first-order valence-electron chi connectivity index (χ1n) is 8.91. The highest BCUT2D eigenvalue weighted by Crippen LogP contribution is 2.39. The summed E-state index contributed by atoms with van der Waals surface area (Å²) in [7, 11) is 0. The van der Waals surface area contributed by atoms with E-state index in [4.69, 9.17) is 4.74 Å². The minimum absolute atomic E-state index is 0.0323. The molecule has 2 heterocycles. The van der Waals surface area contributed by atoms with Crippen molar-refractivity contribution in [2.24, 2.45) is 0 Å². The number of aliphatic hydroxyl groups excluding tert-OH is 1. The second kappa shape index (κ2) is 8.04. The molecule has 2 aromatic rings. The maximum atomic E-state index is 12.7. The van der Waals surface area contributed by atoms with Crippen LogP contribution in [0.1, 0.15) is 37.4 Å². The van der Waals surface area contributed by atoms with Crippen molar-refractivity contribution in [3.63, 3.8) is 0 Å². The number of esters is 1. The normalized spacial score (nSPS) is 18.4. The van der Waals surface area contributed by atoms with E-state index in [2.05, 4.69) is 4.98 Å². The average molecular weight is 380 g/mol. The first-order chi connectivity index (χ1) is 13.4. The van der Waals surface area contributed by atoms with Gasteiger partial charge in [-0.2, -0.15) is 0 Å². The molecule has 0 bridgehead atoms. The number of Topliss-reactive ketones (excluding diaryl/α,β-unsaturated/α-hetero) is 1. The number of carbonyl (C=O) groups is 3. The van der Waals surface area contributed by atoms with Crippen LogP contribution >= 0.6 is 0 Å². The Labute approximate surface area is 162 Å². The zero-order chi connectivity index (χ0) is 20.3. The Morgan fingerprint density at radius 2 is 1.79 bits per heavy atom. The van der Waals surface area contributed by atoms with Crippen molar-refractivity contribution in [2.45, 2.75) is 26.3 Å². The van der Waals surface area contributed by atoms with Crippen molar-refractivity contribution in [3.05, 3.63) is 65.5 Å². The van der Waals surface area contributed by atoms with E-state index in [9.17, 15) is 19.5 Å². The summed E-state index contributed by atoms with van der Waals surface area (Å²) in [6.07, 6.45) is 3.66. The number of likely N-dealkylation sites (tertiary alicyclic amines) is 1. The highest BCUT2D eigenvalue weighted by Gasteiger charge is 2.45. The predicted molar refractivity (Wildman–Crippen MR) is 101 cm³/mol. The van der Waals surface area contributed by atoms with Crippen LogP contribution in [-0.4, -0.2) is 39.2 Å². The van der Waals surface area contributed by atoms with Crippen LogP contribution in [0.2, 0.25) is 0 Å². The second-order valence-electron chi connectivity index (χ2n) is 6.39. The van der Waals surface area contributed by atoms with Crippen molar-refractivity contribution < 1.29 is 24.2 Å². The van der Waals surface area contributed by atoms with Crippen LogP contribution in [0.5, 0.6) is 5.75 Å². The van der Waals surface area contributed by atoms with E-state index in [1.807, 2.05) is 6.92 Å². The van der Waals surface area contributed by atoms with E-state index in [1.165, 1.54) is 24.2 Å². The van der Waals surface area contributed by atoms with Crippen LogP contribution in [0.25, 0.3) is 5.76 Å². The highest BCUT2D eigenvalue weighted by molar-refractivity contribution is 6.46. The van der Waals surface area contributed by atoms with E-state index < -0.39 is 23.7 Å². The molecule has 28 heavy (non-hydrogen) atoms. The summed E-state index contributed by atoms with van der Waals surface area (Å²) in [4.78, 5) is 41.8. The van der Waals surface area contributed by atoms with Gasteiger partial charge in [-0.15, -0.1) is 0 Å². The lowest BCUT2D eigenvalue weighted by molar-refractivity contribution is -0.139. The first-order valence-corrected chi connectivity index (χ1v) is 8.91. The quantitative estimate of drug-likeness (QED) is 0.282. The van der Waals surface area contributed by atoms with Crippen LogP contribution in [0.15, 0.2) is 54.4 Å². The number of rotatable bonds is 5. The first kappa shape index (κ1) is 19.3. The standard InChI is InChI=1S/C21H20N2O5/c1-3-12-23-18(14-4-6-16(7-5-14)28-13(2)24)17(20(26)21(23)27)19(25)15-8-10-22-11-9-15/h4-11,18,25H,3,12H2,1-2H3/b19-17-. The molecule has 1 N–H and O–H groups in total. The minimum Gasteiger partial charge on any atom is -0.507 e. The van der Waals surface area contributed by atoms with Gasteiger partial charge in [0.15, 0.2) is 0 Å². The number of aliphatic hydroxyl groups is 1. The van der Waals surface area contributed by atoms with E-state index in [0.717, 1.165) is 0 Å². The summed E-state index contributed by atoms with van der Waals surface area (Å²) in [6.45, 7) is 3.58. The molecule has 7 nitrogen and oxygen atoms in total. The van der Waals surface area contributed by atoms with Gasteiger partial charge in [0.05, 0.1) is 11.6 Å². The van der Waals surface area contributed by atoms with Crippen molar-refractivity contribution >= 4 is 23.4 Å². The lowest BCUT2D eigenvalue weighted by Gasteiger charge is -2.25. The van der Waals surface area contributed by atoms with Crippen molar-refractivity contribution in [1.82, 2.24) is 9.88 Å². The number of carbonyl (C=O) groups excluding carboxylic acids is 3. The van der Waals surface area contributed by atoms with Gasteiger partial charge in [0.2, 0.25) is 0 Å². The number of amides is 1. The highest BCUT2D eigenvalue weighted by atomic mass is 16.5. The summed E-state index contributed by atoms with van der Waals surface area (Å²) >= 11 is 0. The Kier molecular flexibility index (Phi) is 5.54. The van der Waals surface area contributed by atoms with Crippen LogP contribution in [-0.2, 0) is 14.4 Å². The maximum Gasteiger partial charge on any atom is 0.308 e. The molecule has 0 radical (unpaired) electrons. The molecular weight excluding hydrogens is 360 g/mol. The monoisotopic (exact) mass is 380 g/mol. The van der Waals surface area contributed by atoms with Gasteiger partial charge in [0.1, 0.15) is 11.5 Å². The topological polar surface area (TPSA) is 96.8 Å². The zero-order valence-corrected chi connectivity index (χ0v) is 15.6. The van der Waals surface area contributed by atoms with Crippen LogP contribution in [0.3, 0.4) is 0 Å². The summed E-state index contributed by atoms with van der Waals surface area (Å²) in [5, 5.41) is 10.8. The third-order valence-corrected chi connectivity index (χ3v) is 4.42. The molecule has 1 aromatic carbocycles. The van der Waals surface area contributed by atoms with Gasteiger partial charge in [-0.05, 0) is 36.2 Å². The molecule has 1 amide bonds. The van der Waals surface area contributed by atoms with Gasteiger partial charge in [-0.3, -0.25) is 19.4 Å². The Balaban J connectivity index is 2.10. The largest absolute Gasteiger partial charge is 0.507 e. The number of hydrogen-bond donors (Lipinski definition) is 1. The number of hydrogen-bond acceptors (Lipinski definition) is 6. The summed E-state index contributed by atoms with van der Waals surface area (Å²) in [5.74, 6) is -1.70. The molecule has 3 rings (SSSR count). The fourth-order valence-electron chi connectivity index (χ4n) is 3.25. The third-order valence-electron chi connectivity index (χ3n) is 4.42. The van der Waals surface area contributed by atoms with Gasteiger partial charge >= 0.3 is 5.97 Å². The molecule has 1 aliphatic heterocycles. The molecule has 1 atom stereocenters. The zero-order valence-electron chi connectivity index (χ0n) is 15.6. The van der Waals surface area contributed by atoms with E-state index in [0.29, 0.717) is 29.8 Å². The molecule has 1 aliphatic rings. The van der Waals surface area contributed by atoms with Crippen LogP contribution in [0, 0.1) is 0 Å². The molecule has 1 unspecified atom stereocenters. The van der Waals surface area contributed by atoms with Crippen molar-refractivity contribution in [2.75, 3.05) is 6.54 Å². The number of ether oxygens (including phenoxy) is 1. The molecule has 1 aromatic heterocycles. The van der Waals surface area contributed by atoms with Gasteiger partial charge < -0.3 is 14.7 Å².